The molecule has 1 aliphatic rings. The lowest BCUT2D eigenvalue weighted by Gasteiger charge is -2.18. The first-order valence-electron chi connectivity index (χ1n) is 7.30. The summed E-state index contributed by atoms with van der Waals surface area (Å²) in [4.78, 5) is 4.52. The predicted octanol–water partition coefficient (Wildman–Crippen LogP) is 4.68. The average Bonchev–Trinajstić information content (AvgIpc) is 3.30. The van der Waals surface area contributed by atoms with Crippen LogP contribution in [0.5, 0.6) is 0 Å². The summed E-state index contributed by atoms with van der Waals surface area (Å²) >= 11 is 7.02. The van der Waals surface area contributed by atoms with E-state index in [9.17, 15) is 0 Å². The van der Waals surface area contributed by atoms with Crippen LogP contribution in [0.4, 0.5) is 0 Å². The summed E-state index contributed by atoms with van der Waals surface area (Å²) in [5.74, 6) is 0.455. The van der Waals surface area contributed by atoms with E-state index < -0.39 is 0 Å². The van der Waals surface area contributed by atoms with Gasteiger partial charge in [0.15, 0.2) is 0 Å². The van der Waals surface area contributed by atoms with Crippen LogP contribution in [0.25, 0.3) is 0 Å². The van der Waals surface area contributed by atoms with Gasteiger partial charge in [-0.1, -0.05) is 28.1 Å². The summed E-state index contributed by atoms with van der Waals surface area (Å²) < 4.78 is 2.17. The van der Waals surface area contributed by atoms with Gasteiger partial charge in [-0.05, 0) is 65.0 Å². The Labute approximate surface area is 142 Å². The van der Waals surface area contributed by atoms with E-state index in [-0.39, 0.29) is 0 Å². The summed E-state index contributed by atoms with van der Waals surface area (Å²) in [5, 5.41) is 3.65. The predicted molar refractivity (Wildman–Crippen MR) is 93.5 cm³/mol. The second-order valence-electron chi connectivity index (χ2n) is 5.61. The zero-order valence-electron chi connectivity index (χ0n) is 11.7. The molecule has 0 aliphatic heterocycles. The molecule has 1 saturated carbocycles. The molecule has 110 valence electrons. The number of pyridine rings is 1. The number of aromatic nitrogens is 1. The Morgan fingerprint density at radius 2 is 2.00 bits per heavy atom. The van der Waals surface area contributed by atoms with Crippen molar-refractivity contribution in [2.75, 3.05) is 6.54 Å². The molecule has 1 aromatic heterocycles. The van der Waals surface area contributed by atoms with Gasteiger partial charge in [-0.2, -0.15) is 0 Å². The van der Waals surface area contributed by atoms with Crippen molar-refractivity contribution in [1.29, 1.82) is 0 Å². The van der Waals surface area contributed by atoms with Crippen LogP contribution in [-0.2, 0) is 6.42 Å². The molecule has 0 spiro atoms. The molecule has 0 bridgehead atoms. The van der Waals surface area contributed by atoms with E-state index in [1.165, 1.54) is 18.4 Å². The third kappa shape index (κ3) is 4.63. The maximum Gasteiger partial charge on any atom is 0.0413 e. The van der Waals surface area contributed by atoms with Gasteiger partial charge >= 0.3 is 0 Å². The first kappa shape index (κ1) is 15.2. The molecule has 1 atom stereocenters. The van der Waals surface area contributed by atoms with Crippen LogP contribution < -0.4 is 5.32 Å². The zero-order valence-corrected chi connectivity index (χ0v) is 14.9. The van der Waals surface area contributed by atoms with Gasteiger partial charge < -0.3 is 5.32 Å². The molecule has 0 radical (unpaired) electrons. The molecule has 0 saturated heterocycles. The topological polar surface area (TPSA) is 24.9 Å². The lowest BCUT2D eigenvalue weighted by Crippen LogP contribution is -2.25. The maximum atomic E-state index is 4.52. The zero-order chi connectivity index (χ0) is 14.7. The number of hydrogen-bond donors (Lipinski definition) is 1. The molecule has 2 nitrogen and oxygen atoms in total. The van der Waals surface area contributed by atoms with E-state index in [2.05, 4.69) is 78.6 Å². The minimum Gasteiger partial charge on any atom is -0.313 e. The van der Waals surface area contributed by atoms with Crippen molar-refractivity contribution in [2.24, 2.45) is 0 Å². The van der Waals surface area contributed by atoms with Crippen LogP contribution >= 0.6 is 31.9 Å². The lowest BCUT2D eigenvalue weighted by atomic mass is 9.94. The third-order valence-corrected chi connectivity index (χ3v) is 4.76. The first-order valence-corrected chi connectivity index (χ1v) is 8.88. The number of halogens is 2. The highest BCUT2D eigenvalue weighted by atomic mass is 79.9. The molecular weight excluding hydrogens is 392 g/mol. The van der Waals surface area contributed by atoms with Crippen molar-refractivity contribution < 1.29 is 0 Å². The number of rotatable bonds is 6. The van der Waals surface area contributed by atoms with Gasteiger partial charge in [0.05, 0.1) is 0 Å². The highest BCUT2D eigenvalue weighted by Crippen LogP contribution is 2.25. The highest BCUT2D eigenvalue weighted by Gasteiger charge is 2.23. The second-order valence-corrected chi connectivity index (χ2v) is 7.44. The lowest BCUT2D eigenvalue weighted by molar-refractivity contribution is 0.572. The van der Waals surface area contributed by atoms with Gasteiger partial charge in [-0.3, -0.25) is 4.98 Å². The third-order valence-electron chi connectivity index (χ3n) is 3.79. The van der Waals surface area contributed by atoms with Crippen molar-refractivity contribution in [1.82, 2.24) is 10.3 Å². The van der Waals surface area contributed by atoms with Crippen molar-refractivity contribution in [3.05, 3.63) is 62.8 Å². The molecular formula is C17H18Br2N2. The number of hydrogen-bond acceptors (Lipinski definition) is 2. The van der Waals surface area contributed by atoms with Gasteiger partial charge in [0.1, 0.15) is 0 Å². The number of nitrogens with one attached hydrogen (secondary N) is 1. The molecule has 1 heterocycles. The first-order chi connectivity index (χ1) is 10.2. The minimum absolute atomic E-state index is 0.455. The second kappa shape index (κ2) is 7.03. The molecule has 1 fully saturated rings. The molecule has 21 heavy (non-hydrogen) atoms. The van der Waals surface area contributed by atoms with E-state index in [1.807, 2.05) is 6.20 Å². The standard InChI is InChI=1S/C17H18Br2N2/c18-14-3-1-2-12(8-14)13(10-20-16-6-7-16)9-17-5-4-15(19)11-21-17/h1-5,8,11,13,16,20H,6-7,9-10H2. The Morgan fingerprint density at radius 1 is 1.14 bits per heavy atom. The minimum atomic E-state index is 0.455. The van der Waals surface area contributed by atoms with Gasteiger partial charge in [0.25, 0.3) is 0 Å². The Balaban J connectivity index is 1.75. The van der Waals surface area contributed by atoms with Crippen molar-refractivity contribution in [3.63, 3.8) is 0 Å². The Bertz CT molecular complexity index is 594. The highest BCUT2D eigenvalue weighted by molar-refractivity contribution is 9.10. The largest absolute Gasteiger partial charge is 0.313 e. The van der Waals surface area contributed by atoms with E-state index in [1.54, 1.807) is 0 Å². The summed E-state index contributed by atoms with van der Waals surface area (Å²) in [5.41, 5.74) is 2.50. The van der Waals surface area contributed by atoms with Gasteiger partial charge in [0.2, 0.25) is 0 Å². The van der Waals surface area contributed by atoms with E-state index in [4.69, 9.17) is 0 Å². The molecule has 1 unspecified atom stereocenters. The van der Waals surface area contributed by atoms with Crippen molar-refractivity contribution in [3.8, 4) is 0 Å². The van der Waals surface area contributed by atoms with Gasteiger partial charge in [-0.25, -0.2) is 0 Å². The Kier molecular flexibility index (Phi) is 5.09. The monoisotopic (exact) mass is 408 g/mol. The number of nitrogens with zero attached hydrogens (tertiary/aromatic N) is 1. The van der Waals surface area contributed by atoms with Crippen LogP contribution in [0.2, 0.25) is 0 Å². The van der Waals surface area contributed by atoms with Crippen LogP contribution in [0.3, 0.4) is 0 Å². The van der Waals surface area contributed by atoms with E-state index >= 15 is 0 Å². The van der Waals surface area contributed by atoms with Crippen LogP contribution in [0, 0.1) is 0 Å². The molecule has 2 aromatic rings. The molecule has 3 rings (SSSR count). The average molecular weight is 410 g/mol. The summed E-state index contributed by atoms with van der Waals surface area (Å²) in [6.45, 7) is 1.01. The van der Waals surface area contributed by atoms with Crippen LogP contribution in [-0.4, -0.2) is 17.6 Å². The molecule has 1 aromatic carbocycles. The fourth-order valence-corrected chi connectivity index (χ4v) is 3.10. The van der Waals surface area contributed by atoms with E-state index in [0.29, 0.717) is 5.92 Å². The maximum absolute atomic E-state index is 4.52. The molecule has 1 N–H and O–H groups in total. The number of benzene rings is 1. The summed E-state index contributed by atoms with van der Waals surface area (Å²) in [6, 6.07) is 13.5. The van der Waals surface area contributed by atoms with Gasteiger partial charge in [0, 0.05) is 39.3 Å². The normalized spacial score (nSPS) is 15.9. The quantitative estimate of drug-likeness (QED) is 0.748. The molecule has 1 aliphatic carbocycles. The fourth-order valence-electron chi connectivity index (χ4n) is 2.44. The van der Waals surface area contributed by atoms with Crippen LogP contribution in [0.15, 0.2) is 51.5 Å². The van der Waals surface area contributed by atoms with E-state index in [0.717, 1.165) is 33.6 Å². The Morgan fingerprint density at radius 3 is 2.67 bits per heavy atom. The van der Waals surface area contributed by atoms with Crippen molar-refractivity contribution in [2.45, 2.75) is 31.2 Å². The Hall–Kier alpha value is -0.710. The molecule has 4 heteroatoms. The fraction of sp³-hybridized carbons (Fsp3) is 0.353. The molecule has 0 amide bonds. The SMILES string of the molecule is Brc1ccc(CC(CNC2CC2)c2cccc(Br)c2)nc1. The van der Waals surface area contributed by atoms with Crippen molar-refractivity contribution >= 4 is 31.9 Å². The smallest absolute Gasteiger partial charge is 0.0413 e. The summed E-state index contributed by atoms with van der Waals surface area (Å²) in [6.07, 6.45) is 5.48. The van der Waals surface area contributed by atoms with Crippen LogP contribution in [0.1, 0.15) is 30.0 Å². The van der Waals surface area contributed by atoms with Gasteiger partial charge in [-0.15, -0.1) is 0 Å². The summed E-state index contributed by atoms with van der Waals surface area (Å²) in [7, 11) is 0.